The zero-order chi connectivity index (χ0) is 10.8. The van der Waals surface area contributed by atoms with E-state index in [1.54, 1.807) is 6.07 Å². The monoisotopic (exact) mass is 224 g/mol. The van der Waals surface area contributed by atoms with Crippen LogP contribution >= 0.6 is 11.6 Å². The van der Waals surface area contributed by atoms with Crippen LogP contribution in [0.2, 0.25) is 5.02 Å². The molecule has 1 saturated carbocycles. The van der Waals surface area contributed by atoms with Crippen molar-refractivity contribution in [2.75, 3.05) is 17.6 Å². The predicted octanol–water partition coefficient (Wildman–Crippen LogP) is 3.38. The average Bonchev–Trinajstić information content (AvgIpc) is 2.99. The van der Waals surface area contributed by atoms with Crippen molar-refractivity contribution in [2.24, 2.45) is 11.8 Å². The molecule has 0 aliphatic heterocycles. The molecule has 3 heteroatoms. The molecule has 0 aromatic heterocycles. The number of hydrogen-bond donors (Lipinski definition) is 2. The molecule has 0 saturated heterocycles. The van der Waals surface area contributed by atoms with E-state index in [9.17, 15) is 0 Å². The smallest absolute Gasteiger partial charge is 0.0575 e. The molecule has 0 radical (unpaired) electrons. The molecule has 2 rings (SSSR count). The minimum absolute atomic E-state index is 0.688. The third-order valence-electron chi connectivity index (χ3n) is 3.05. The highest BCUT2D eigenvalue weighted by Gasteiger charge is 2.27. The molecule has 1 aromatic rings. The Morgan fingerprint density at radius 3 is 2.87 bits per heavy atom. The van der Waals surface area contributed by atoms with Gasteiger partial charge in [0.2, 0.25) is 0 Å². The zero-order valence-corrected chi connectivity index (χ0v) is 9.72. The van der Waals surface area contributed by atoms with Crippen molar-refractivity contribution < 1.29 is 0 Å². The number of benzene rings is 1. The molecule has 3 N–H and O–H groups in total. The Balaban J connectivity index is 1.92. The topological polar surface area (TPSA) is 38.0 Å². The van der Waals surface area contributed by atoms with E-state index in [0.29, 0.717) is 5.02 Å². The van der Waals surface area contributed by atoms with Gasteiger partial charge in [-0.25, -0.2) is 0 Å². The van der Waals surface area contributed by atoms with Crippen molar-refractivity contribution in [3.8, 4) is 0 Å². The van der Waals surface area contributed by atoms with Crippen LogP contribution in [-0.2, 0) is 0 Å². The number of hydrogen-bond acceptors (Lipinski definition) is 2. The third kappa shape index (κ3) is 2.78. The Morgan fingerprint density at radius 2 is 2.27 bits per heavy atom. The molecule has 82 valence electrons. The van der Waals surface area contributed by atoms with Crippen LogP contribution in [0.15, 0.2) is 18.2 Å². The second kappa shape index (κ2) is 4.31. The van der Waals surface area contributed by atoms with Crippen LogP contribution in [0.3, 0.4) is 0 Å². The number of nitrogen functional groups attached to an aromatic ring is 1. The molecule has 0 amide bonds. The first-order chi connectivity index (χ1) is 7.16. The molecule has 0 spiro atoms. The van der Waals surface area contributed by atoms with Gasteiger partial charge < -0.3 is 11.1 Å². The lowest BCUT2D eigenvalue weighted by atomic mass is 10.1. The first-order valence-corrected chi connectivity index (χ1v) is 5.83. The van der Waals surface area contributed by atoms with Crippen molar-refractivity contribution in [2.45, 2.75) is 19.8 Å². The second-order valence-corrected chi connectivity index (χ2v) is 4.86. The Labute approximate surface area is 95.8 Å². The minimum Gasteiger partial charge on any atom is -0.397 e. The van der Waals surface area contributed by atoms with E-state index in [2.05, 4.69) is 12.2 Å². The first kappa shape index (κ1) is 10.6. The molecule has 1 aromatic carbocycles. The van der Waals surface area contributed by atoms with Crippen LogP contribution in [0.5, 0.6) is 0 Å². The SMILES string of the molecule is CC(CNc1ccc(Cl)cc1N)C1CC1. The summed E-state index contributed by atoms with van der Waals surface area (Å²) in [5, 5.41) is 4.07. The van der Waals surface area contributed by atoms with E-state index in [4.69, 9.17) is 17.3 Å². The van der Waals surface area contributed by atoms with Crippen molar-refractivity contribution in [3.05, 3.63) is 23.2 Å². The van der Waals surface area contributed by atoms with Crippen LogP contribution in [0.1, 0.15) is 19.8 Å². The second-order valence-electron chi connectivity index (χ2n) is 4.43. The van der Waals surface area contributed by atoms with Gasteiger partial charge in [-0.15, -0.1) is 0 Å². The minimum atomic E-state index is 0.688. The molecular weight excluding hydrogens is 208 g/mol. The maximum atomic E-state index is 5.85. The summed E-state index contributed by atoms with van der Waals surface area (Å²) >= 11 is 5.83. The van der Waals surface area contributed by atoms with Gasteiger partial charge in [-0.3, -0.25) is 0 Å². The summed E-state index contributed by atoms with van der Waals surface area (Å²) in [6.45, 7) is 3.28. The van der Waals surface area contributed by atoms with E-state index in [-0.39, 0.29) is 0 Å². The van der Waals surface area contributed by atoms with Gasteiger partial charge in [0.25, 0.3) is 0 Å². The van der Waals surface area contributed by atoms with E-state index in [1.807, 2.05) is 12.1 Å². The van der Waals surface area contributed by atoms with Crippen molar-refractivity contribution in [3.63, 3.8) is 0 Å². The van der Waals surface area contributed by atoms with Crippen LogP contribution in [0.25, 0.3) is 0 Å². The fourth-order valence-electron chi connectivity index (χ4n) is 1.80. The lowest BCUT2D eigenvalue weighted by Gasteiger charge is -2.14. The van der Waals surface area contributed by atoms with Gasteiger partial charge in [0, 0.05) is 11.6 Å². The standard InChI is InChI=1S/C12H17ClN2/c1-8(9-2-3-9)7-15-12-5-4-10(13)6-11(12)14/h4-6,8-9,15H,2-3,7,14H2,1H3. The summed E-state index contributed by atoms with van der Waals surface area (Å²) < 4.78 is 0. The molecule has 1 unspecified atom stereocenters. The van der Waals surface area contributed by atoms with Gasteiger partial charge in [-0.05, 0) is 42.9 Å². The van der Waals surface area contributed by atoms with E-state index >= 15 is 0 Å². The Kier molecular flexibility index (Phi) is 3.06. The highest BCUT2D eigenvalue weighted by Crippen LogP contribution is 2.36. The van der Waals surface area contributed by atoms with Gasteiger partial charge >= 0.3 is 0 Å². The highest BCUT2D eigenvalue weighted by molar-refractivity contribution is 6.31. The third-order valence-corrected chi connectivity index (χ3v) is 3.29. The lowest BCUT2D eigenvalue weighted by Crippen LogP contribution is -2.13. The molecule has 0 bridgehead atoms. The summed E-state index contributed by atoms with van der Waals surface area (Å²) in [6, 6.07) is 5.59. The number of nitrogens with two attached hydrogens (primary N) is 1. The predicted molar refractivity (Wildman–Crippen MR) is 66.2 cm³/mol. The number of anilines is 2. The summed E-state index contributed by atoms with van der Waals surface area (Å²) in [6.07, 6.45) is 2.78. The highest BCUT2D eigenvalue weighted by atomic mass is 35.5. The largest absolute Gasteiger partial charge is 0.397 e. The van der Waals surface area contributed by atoms with Crippen molar-refractivity contribution in [1.29, 1.82) is 0 Å². The summed E-state index contributed by atoms with van der Waals surface area (Å²) in [5.41, 5.74) is 7.57. The van der Waals surface area contributed by atoms with E-state index < -0.39 is 0 Å². The summed E-state index contributed by atoms with van der Waals surface area (Å²) in [5.74, 6) is 1.66. The van der Waals surface area contributed by atoms with Gasteiger partial charge in [0.1, 0.15) is 0 Å². The van der Waals surface area contributed by atoms with Gasteiger partial charge in [-0.1, -0.05) is 18.5 Å². The van der Waals surface area contributed by atoms with Gasteiger partial charge in [0.15, 0.2) is 0 Å². The molecule has 0 heterocycles. The van der Waals surface area contributed by atoms with Crippen LogP contribution in [-0.4, -0.2) is 6.54 Å². The molecule has 15 heavy (non-hydrogen) atoms. The molecule has 1 aliphatic rings. The molecule has 1 aliphatic carbocycles. The first-order valence-electron chi connectivity index (χ1n) is 5.45. The fraction of sp³-hybridized carbons (Fsp3) is 0.500. The summed E-state index contributed by atoms with van der Waals surface area (Å²) in [7, 11) is 0. The van der Waals surface area contributed by atoms with E-state index in [1.165, 1.54) is 12.8 Å². The molecule has 1 atom stereocenters. The van der Waals surface area contributed by atoms with Gasteiger partial charge in [-0.2, -0.15) is 0 Å². The number of halogens is 1. The molecule has 1 fully saturated rings. The quantitative estimate of drug-likeness (QED) is 0.770. The summed E-state index contributed by atoms with van der Waals surface area (Å²) in [4.78, 5) is 0. The number of rotatable bonds is 4. The van der Waals surface area contributed by atoms with Crippen molar-refractivity contribution >= 4 is 23.0 Å². The maximum Gasteiger partial charge on any atom is 0.0575 e. The zero-order valence-electron chi connectivity index (χ0n) is 8.96. The Hall–Kier alpha value is -0.890. The van der Waals surface area contributed by atoms with Crippen LogP contribution < -0.4 is 11.1 Å². The lowest BCUT2D eigenvalue weighted by molar-refractivity contribution is 0.537. The molecular formula is C12H17ClN2. The van der Waals surface area contributed by atoms with Crippen LogP contribution in [0, 0.1) is 11.8 Å². The number of nitrogens with one attached hydrogen (secondary N) is 1. The fourth-order valence-corrected chi connectivity index (χ4v) is 1.98. The van der Waals surface area contributed by atoms with Crippen LogP contribution in [0.4, 0.5) is 11.4 Å². The van der Waals surface area contributed by atoms with E-state index in [0.717, 1.165) is 29.8 Å². The Bertz CT molecular complexity index is 347. The van der Waals surface area contributed by atoms with Crippen molar-refractivity contribution in [1.82, 2.24) is 0 Å². The molecule has 2 nitrogen and oxygen atoms in total. The van der Waals surface area contributed by atoms with Gasteiger partial charge in [0.05, 0.1) is 11.4 Å². The Morgan fingerprint density at radius 1 is 1.53 bits per heavy atom. The average molecular weight is 225 g/mol. The maximum absolute atomic E-state index is 5.85. The normalized spacial score (nSPS) is 17.5.